The third-order valence-corrected chi connectivity index (χ3v) is 3.23. The Morgan fingerprint density at radius 2 is 1.83 bits per heavy atom. The Balaban J connectivity index is 2.65. The molecule has 1 rings (SSSR count). The molecule has 0 fully saturated rings. The standard InChI is InChI=1S/C15H24N2O/c1-10-5-12(3)14(13(4)6-10)7-15(18)17-9-11(2)8-16/h5-6,11H,7-9,16H2,1-4H3,(H,17,18). The molecule has 0 bridgehead atoms. The lowest BCUT2D eigenvalue weighted by molar-refractivity contribution is -0.120. The van der Waals surface area contributed by atoms with E-state index in [0.29, 0.717) is 25.4 Å². The lowest BCUT2D eigenvalue weighted by Gasteiger charge is -2.13. The molecule has 0 radical (unpaired) electrons. The highest BCUT2D eigenvalue weighted by atomic mass is 16.1. The number of rotatable bonds is 5. The van der Waals surface area contributed by atoms with Crippen LogP contribution in [0, 0.1) is 26.7 Å². The van der Waals surface area contributed by atoms with Crippen LogP contribution in [0.3, 0.4) is 0 Å². The highest BCUT2D eigenvalue weighted by Crippen LogP contribution is 2.16. The second-order valence-electron chi connectivity index (χ2n) is 5.20. The van der Waals surface area contributed by atoms with Gasteiger partial charge in [0.1, 0.15) is 0 Å². The van der Waals surface area contributed by atoms with Crippen LogP contribution < -0.4 is 11.1 Å². The Morgan fingerprint density at radius 1 is 1.28 bits per heavy atom. The molecular weight excluding hydrogens is 224 g/mol. The molecule has 1 unspecified atom stereocenters. The average Bonchev–Trinajstić information content (AvgIpc) is 2.30. The molecule has 0 aliphatic heterocycles. The SMILES string of the molecule is Cc1cc(C)c(CC(=O)NCC(C)CN)c(C)c1. The van der Waals surface area contributed by atoms with Gasteiger partial charge in [0.05, 0.1) is 6.42 Å². The fourth-order valence-corrected chi connectivity index (χ4v) is 2.08. The summed E-state index contributed by atoms with van der Waals surface area (Å²) in [5.74, 6) is 0.402. The van der Waals surface area contributed by atoms with E-state index >= 15 is 0 Å². The van der Waals surface area contributed by atoms with E-state index in [-0.39, 0.29) is 5.91 Å². The van der Waals surface area contributed by atoms with Crippen molar-refractivity contribution in [2.45, 2.75) is 34.1 Å². The van der Waals surface area contributed by atoms with Crippen LogP contribution in [-0.2, 0) is 11.2 Å². The predicted octanol–water partition coefficient (Wildman–Crippen LogP) is 1.87. The second kappa shape index (κ2) is 6.55. The zero-order chi connectivity index (χ0) is 13.7. The number of nitrogens with one attached hydrogen (secondary N) is 1. The van der Waals surface area contributed by atoms with Crippen LogP contribution in [0.5, 0.6) is 0 Å². The lowest BCUT2D eigenvalue weighted by Crippen LogP contribution is -2.32. The average molecular weight is 248 g/mol. The van der Waals surface area contributed by atoms with Crippen LogP contribution in [0.2, 0.25) is 0 Å². The van der Waals surface area contributed by atoms with Crippen molar-refractivity contribution < 1.29 is 4.79 Å². The first-order valence-corrected chi connectivity index (χ1v) is 6.47. The van der Waals surface area contributed by atoms with Crippen molar-refractivity contribution in [2.75, 3.05) is 13.1 Å². The molecule has 0 saturated carbocycles. The molecule has 18 heavy (non-hydrogen) atoms. The topological polar surface area (TPSA) is 55.1 Å². The number of hydrogen-bond acceptors (Lipinski definition) is 2. The number of benzene rings is 1. The minimum atomic E-state index is 0.0744. The van der Waals surface area contributed by atoms with Crippen LogP contribution in [0.1, 0.15) is 29.2 Å². The predicted molar refractivity (Wildman–Crippen MR) is 75.6 cm³/mol. The van der Waals surface area contributed by atoms with Crippen LogP contribution in [0.15, 0.2) is 12.1 Å². The number of amides is 1. The number of hydrogen-bond donors (Lipinski definition) is 2. The highest BCUT2D eigenvalue weighted by Gasteiger charge is 2.10. The first-order valence-electron chi connectivity index (χ1n) is 6.47. The maximum absolute atomic E-state index is 11.9. The minimum Gasteiger partial charge on any atom is -0.355 e. The van der Waals surface area contributed by atoms with Crippen molar-refractivity contribution >= 4 is 5.91 Å². The molecule has 100 valence electrons. The first-order chi connectivity index (χ1) is 8.43. The van der Waals surface area contributed by atoms with Crippen LogP contribution in [-0.4, -0.2) is 19.0 Å². The van der Waals surface area contributed by atoms with Crippen molar-refractivity contribution in [3.05, 3.63) is 34.4 Å². The monoisotopic (exact) mass is 248 g/mol. The van der Waals surface area contributed by atoms with Crippen molar-refractivity contribution in [2.24, 2.45) is 11.7 Å². The summed E-state index contributed by atoms with van der Waals surface area (Å²) in [7, 11) is 0. The Morgan fingerprint density at radius 3 is 2.33 bits per heavy atom. The molecule has 0 aliphatic carbocycles. The number of carbonyl (C=O) groups excluding carboxylic acids is 1. The van der Waals surface area contributed by atoms with Crippen molar-refractivity contribution in [1.82, 2.24) is 5.32 Å². The van der Waals surface area contributed by atoms with E-state index in [2.05, 4.69) is 38.2 Å². The van der Waals surface area contributed by atoms with E-state index in [1.165, 1.54) is 16.7 Å². The van der Waals surface area contributed by atoms with Crippen LogP contribution >= 0.6 is 0 Å². The molecule has 1 amide bonds. The van der Waals surface area contributed by atoms with Gasteiger partial charge in [0.25, 0.3) is 0 Å². The van der Waals surface area contributed by atoms with Gasteiger partial charge in [-0.05, 0) is 49.9 Å². The van der Waals surface area contributed by atoms with Gasteiger partial charge in [-0.25, -0.2) is 0 Å². The summed E-state index contributed by atoms with van der Waals surface area (Å²) in [6, 6.07) is 4.25. The minimum absolute atomic E-state index is 0.0744. The summed E-state index contributed by atoms with van der Waals surface area (Å²) < 4.78 is 0. The Hall–Kier alpha value is -1.35. The molecule has 1 aromatic rings. The summed E-state index contributed by atoms with van der Waals surface area (Å²) in [5, 5.41) is 2.93. The third-order valence-electron chi connectivity index (χ3n) is 3.23. The normalized spacial score (nSPS) is 12.3. The summed E-state index contributed by atoms with van der Waals surface area (Å²) in [6.45, 7) is 9.48. The first kappa shape index (κ1) is 14.7. The highest BCUT2D eigenvalue weighted by molar-refractivity contribution is 5.79. The molecule has 0 heterocycles. The molecule has 3 N–H and O–H groups in total. The van der Waals surface area contributed by atoms with Gasteiger partial charge in [0.2, 0.25) is 5.91 Å². The van der Waals surface area contributed by atoms with Gasteiger partial charge in [-0.2, -0.15) is 0 Å². The molecule has 0 aromatic heterocycles. The van der Waals surface area contributed by atoms with Gasteiger partial charge in [-0.1, -0.05) is 24.6 Å². The lowest BCUT2D eigenvalue weighted by atomic mass is 9.97. The zero-order valence-electron chi connectivity index (χ0n) is 11.8. The molecule has 0 saturated heterocycles. The van der Waals surface area contributed by atoms with E-state index in [1.807, 2.05) is 6.92 Å². The number of aryl methyl sites for hydroxylation is 3. The molecule has 1 atom stereocenters. The second-order valence-corrected chi connectivity index (χ2v) is 5.20. The number of nitrogens with two attached hydrogens (primary N) is 1. The van der Waals surface area contributed by atoms with Gasteiger partial charge in [0, 0.05) is 6.54 Å². The summed E-state index contributed by atoms with van der Waals surface area (Å²) >= 11 is 0. The van der Waals surface area contributed by atoms with Gasteiger partial charge in [-0.3, -0.25) is 4.79 Å². The van der Waals surface area contributed by atoms with Crippen molar-refractivity contribution in [1.29, 1.82) is 0 Å². The van der Waals surface area contributed by atoms with Gasteiger partial charge in [-0.15, -0.1) is 0 Å². The van der Waals surface area contributed by atoms with E-state index in [9.17, 15) is 4.79 Å². The summed E-state index contributed by atoms with van der Waals surface area (Å²) in [6.07, 6.45) is 0.454. The molecule has 0 spiro atoms. The smallest absolute Gasteiger partial charge is 0.224 e. The maximum atomic E-state index is 11.9. The molecule has 3 heteroatoms. The quantitative estimate of drug-likeness (QED) is 0.835. The van der Waals surface area contributed by atoms with E-state index in [4.69, 9.17) is 5.73 Å². The molecule has 3 nitrogen and oxygen atoms in total. The molecule has 0 aliphatic rings. The fraction of sp³-hybridized carbons (Fsp3) is 0.533. The Bertz CT molecular complexity index is 403. The van der Waals surface area contributed by atoms with Gasteiger partial charge in [0.15, 0.2) is 0 Å². The number of carbonyl (C=O) groups is 1. The van der Waals surface area contributed by atoms with Crippen molar-refractivity contribution in [3.63, 3.8) is 0 Å². The van der Waals surface area contributed by atoms with Crippen LogP contribution in [0.4, 0.5) is 0 Å². The van der Waals surface area contributed by atoms with E-state index in [0.717, 1.165) is 5.56 Å². The fourth-order valence-electron chi connectivity index (χ4n) is 2.08. The van der Waals surface area contributed by atoms with Gasteiger partial charge < -0.3 is 11.1 Å². The maximum Gasteiger partial charge on any atom is 0.224 e. The summed E-state index contributed by atoms with van der Waals surface area (Å²) in [5.41, 5.74) is 10.3. The zero-order valence-corrected chi connectivity index (χ0v) is 11.8. The third kappa shape index (κ3) is 4.15. The van der Waals surface area contributed by atoms with E-state index < -0.39 is 0 Å². The molecular formula is C15H24N2O. The van der Waals surface area contributed by atoms with Crippen molar-refractivity contribution in [3.8, 4) is 0 Å². The van der Waals surface area contributed by atoms with Gasteiger partial charge >= 0.3 is 0 Å². The Kier molecular flexibility index (Phi) is 5.35. The molecule has 1 aromatic carbocycles. The largest absolute Gasteiger partial charge is 0.355 e. The van der Waals surface area contributed by atoms with E-state index in [1.54, 1.807) is 0 Å². The van der Waals surface area contributed by atoms with Crippen LogP contribution in [0.25, 0.3) is 0 Å². The Labute approximate surface area is 110 Å². The summed E-state index contributed by atoms with van der Waals surface area (Å²) in [4.78, 5) is 11.9.